The molecule has 32 heavy (non-hydrogen) atoms. The fraction of sp³-hybridized carbons (Fsp3) is 0. The fourth-order valence-corrected chi connectivity index (χ4v) is 4.81. The number of fused-ring (bicyclic) bond motifs is 3. The van der Waals surface area contributed by atoms with E-state index in [-0.39, 0.29) is 0 Å². The van der Waals surface area contributed by atoms with Gasteiger partial charge in [0.15, 0.2) is 5.69 Å². The standard InChI is InChI=1S/C31H19N/c1-32-25-18-17-21-15-16-23(19-24(21)20-25)31-28-13-7-5-11-26(28)30(22-9-3-2-4-10-22)27-12-6-8-14-29(27)31/h2-20H. The molecule has 0 heterocycles. The smallest absolute Gasteiger partial charge is 0.187 e. The summed E-state index contributed by atoms with van der Waals surface area (Å²) in [6.45, 7) is 7.38. The highest BCUT2D eigenvalue weighted by atomic mass is 14.6. The lowest BCUT2D eigenvalue weighted by atomic mass is 9.85. The second kappa shape index (κ2) is 7.38. The van der Waals surface area contributed by atoms with E-state index in [4.69, 9.17) is 6.57 Å². The van der Waals surface area contributed by atoms with Gasteiger partial charge in [-0.3, -0.25) is 0 Å². The van der Waals surface area contributed by atoms with Gasteiger partial charge in [-0.15, -0.1) is 0 Å². The lowest BCUT2D eigenvalue weighted by molar-refractivity contribution is 1.66. The molecule has 0 N–H and O–H groups in total. The third-order valence-corrected chi connectivity index (χ3v) is 6.24. The van der Waals surface area contributed by atoms with E-state index in [9.17, 15) is 0 Å². The Kier molecular flexibility index (Phi) is 4.23. The zero-order valence-corrected chi connectivity index (χ0v) is 17.4. The number of nitrogens with zero attached hydrogens (tertiary/aromatic N) is 1. The summed E-state index contributed by atoms with van der Waals surface area (Å²) in [5.41, 5.74) is 5.59. The molecule has 0 aliphatic heterocycles. The third kappa shape index (κ3) is 2.86. The van der Waals surface area contributed by atoms with Gasteiger partial charge in [-0.1, -0.05) is 103 Å². The van der Waals surface area contributed by atoms with Crippen LogP contribution in [0.2, 0.25) is 0 Å². The molecule has 6 aromatic carbocycles. The molecular weight excluding hydrogens is 386 g/mol. The summed E-state index contributed by atoms with van der Waals surface area (Å²) in [7, 11) is 0. The number of hydrogen-bond acceptors (Lipinski definition) is 0. The molecule has 0 aliphatic carbocycles. The van der Waals surface area contributed by atoms with Crippen LogP contribution in [0.3, 0.4) is 0 Å². The molecule has 0 saturated heterocycles. The molecule has 0 spiro atoms. The van der Waals surface area contributed by atoms with Crippen molar-refractivity contribution in [3.8, 4) is 22.3 Å². The van der Waals surface area contributed by atoms with Crippen LogP contribution >= 0.6 is 0 Å². The Hall–Kier alpha value is -4.41. The molecule has 0 radical (unpaired) electrons. The summed E-state index contributed by atoms with van der Waals surface area (Å²) >= 11 is 0. The summed E-state index contributed by atoms with van der Waals surface area (Å²) in [5.74, 6) is 0. The van der Waals surface area contributed by atoms with Gasteiger partial charge in [-0.05, 0) is 66.7 Å². The highest BCUT2D eigenvalue weighted by molar-refractivity contribution is 6.21. The predicted octanol–water partition coefficient (Wildman–Crippen LogP) is 9.03. The van der Waals surface area contributed by atoms with Crippen molar-refractivity contribution < 1.29 is 0 Å². The largest absolute Gasteiger partial charge is 0.238 e. The topological polar surface area (TPSA) is 4.36 Å². The molecule has 0 unspecified atom stereocenters. The van der Waals surface area contributed by atoms with Gasteiger partial charge in [0, 0.05) is 0 Å². The van der Waals surface area contributed by atoms with Gasteiger partial charge in [-0.2, -0.15) is 0 Å². The van der Waals surface area contributed by atoms with E-state index in [1.54, 1.807) is 0 Å². The predicted molar refractivity (Wildman–Crippen MR) is 136 cm³/mol. The average molecular weight is 406 g/mol. The molecule has 0 saturated carbocycles. The number of rotatable bonds is 2. The Morgan fingerprint density at radius 2 is 0.969 bits per heavy atom. The van der Waals surface area contributed by atoms with Crippen molar-refractivity contribution in [1.82, 2.24) is 0 Å². The van der Waals surface area contributed by atoms with Crippen molar-refractivity contribution in [3.63, 3.8) is 0 Å². The van der Waals surface area contributed by atoms with E-state index < -0.39 is 0 Å². The summed E-state index contributed by atoms with van der Waals surface area (Å²) in [4.78, 5) is 3.62. The minimum Gasteiger partial charge on any atom is -0.238 e. The van der Waals surface area contributed by atoms with Gasteiger partial charge in [0.25, 0.3) is 0 Å². The van der Waals surface area contributed by atoms with Gasteiger partial charge in [0.1, 0.15) is 0 Å². The van der Waals surface area contributed by atoms with Crippen molar-refractivity contribution in [2.24, 2.45) is 0 Å². The zero-order chi connectivity index (χ0) is 21.5. The van der Waals surface area contributed by atoms with Crippen molar-refractivity contribution in [2.75, 3.05) is 0 Å². The fourth-order valence-electron chi connectivity index (χ4n) is 4.81. The van der Waals surface area contributed by atoms with Crippen molar-refractivity contribution in [1.29, 1.82) is 0 Å². The number of hydrogen-bond donors (Lipinski definition) is 0. The first kappa shape index (κ1) is 18.4. The molecule has 0 aliphatic rings. The maximum absolute atomic E-state index is 7.38. The Bertz CT molecular complexity index is 1610. The highest BCUT2D eigenvalue weighted by Crippen LogP contribution is 2.44. The first-order valence-corrected chi connectivity index (χ1v) is 10.7. The van der Waals surface area contributed by atoms with Crippen LogP contribution in [0.1, 0.15) is 0 Å². The minimum absolute atomic E-state index is 0.670. The average Bonchev–Trinajstić information content (AvgIpc) is 2.87. The summed E-state index contributed by atoms with van der Waals surface area (Å²) in [6, 6.07) is 40.5. The van der Waals surface area contributed by atoms with Crippen molar-refractivity contribution >= 4 is 38.0 Å². The first-order valence-electron chi connectivity index (χ1n) is 10.7. The van der Waals surface area contributed by atoms with Crippen LogP contribution in [0.5, 0.6) is 0 Å². The first-order chi connectivity index (χ1) is 15.8. The molecule has 1 heteroatoms. The molecule has 0 aromatic heterocycles. The second-order valence-corrected chi connectivity index (χ2v) is 8.07. The van der Waals surface area contributed by atoms with Crippen molar-refractivity contribution in [2.45, 2.75) is 0 Å². The monoisotopic (exact) mass is 405 g/mol. The Balaban J connectivity index is 1.75. The summed E-state index contributed by atoms with van der Waals surface area (Å²) in [6.07, 6.45) is 0. The van der Waals surface area contributed by atoms with Crippen LogP contribution in [0, 0.1) is 6.57 Å². The molecule has 0 bridgehead atoms. The van der Waals surface area contributed by atoms with Crippen molar-refractivity contribution in [3.05, 3.63) is 127 Å². The maximum Gasteiger partial charge on any atom is 0.187 e. The Morgan fingerprint density at radius 3 is 1.56 bits per heavy atom. The Labute approximate surface area is 187 Å². The highest BCUT2D eigenvalue weighted by Gasteiger charge is 2.16. The second-order valence-electron chi connectivity index (χ2n) is 8.07. The van der Waals surface area contributed by atoms with Gasteiger partial charge in [0.2, 0.25) is 0 Å². The van der Waals surface area contributed by atoms with E-state index >= 15 is 0 Å². The molecule has 0 amide bonds. The van der Waals surface area contributed by atoms with Crippen LogP contribution in [0.4, 0.5) is 5.69 Å². The van der Waals surface area contributed by atoms with E-state index in [1.165, 1.54) is 43.8 Å². The molecule has 0 atom stereocenters. The van der Waals surface area contributed by atoms with Crippen LogP contribution in [0.25, 0.3) is 59.4 Å². The van der Waals surface area contributed by atoms with Gasteiger partial charge in [0.05, 0.1) is 6.57 Å². The quantitative estimate of drug-likeness (QED) is 0.200. The van der Waals surface area contributed by atoms with E-state index in [2.05, 4.69) is 102 Å². The SMILES string of the molecule is [C-]#[N+]c1ccc2ccc(-c3c4ccccc4c(-c4ccccc4)c4ccccc34)cc2c1. The molecular formula is C31H19N. The van der Waals surface area contributed by atoms with Gasteiger partial charge in [-0.25, -0.2) is 4.85 Å². The molecule has 6 rings (SSSR count). The van der Waals surface area contributed by atoms with Gasteiger partial charge < -0.3 is 0 Å². The van der Waals surface area contributed by atoms with E-state index in [1.807, 2.05) is 18.2 Å². The van der Waals surface area contributed by atoms with Crippen LogP contribution in [-0.2, 0) is 0 Å². The van der Waals surface area contributed by atoms with Crippen LogP contribution < -0.4 is 0 Å². The maximum atomic E-state index is 7.38. The van der Waals surface area contributed by atoms with Crippen LogP contribution in [-0.4, -0.2) is 0 Å². The normalized spacial score (nSPS) is 11.1. The summed E-state index contributed by atoms with van der Waals surface area (Å²) < 4.78 is 0. The molecule has 1 nitrogen and oxygen atoms in total. The molecule has 148 valence electrons. The summed E-state index contributed by atoms with van der Waals surface area (Å²) in [5, 5.41) is 7.23. The van der Waals surface area contributed by atoms with E-state index in [0.717, 1.165) is 10.8 Å². The lowest BCUT2D eigenvalue weighted by Crippen LogP contribution is -1.90. The van der Waals surface area contributed by atoms with Crippen LogP contribution in [0.15, 0.2) is 115 Å². The van der Waals surface area contributed by atoms with Gasteiger partial charge >= 0.3 is 0 Å². The third-order valence-electron chi connectivity index (χ3n) is 6.24. The molecule has 6 aromatic rings. The van der Waals surface area contributed by atoms with E-state index in [0.29, 0.717) is 5.69 Å². The Morgan fingerprint density at radius 1 is 0.438 bits per heavy atom. The lowest BCUT2D eigenvalue weighted by Gasteiger charge is -2.18. The number of benzene rings is 6. The molecule has 0 fully saturated rings. The zero-order valence-electron chi connectivity index (χ0n) is 17.4. The minimum atomic E-state index is 0.670.